The van der Waals surface area contributed by atoms with Crippen molar-refractivity contribution in [1.29, 1.82) is 0 Å². The normalized spacial score (nSPS) is 40.5. The van der Waals surface area contributed by atoms with E-state index in [-0.39, 0.29) is 24.5 Å². The van der Waals surface area contributed by atoms with Crippen molar-refractivity contribution in [2.24, 2.45) is 17.8 Å². The standard InChI is InChI=1S/C23H41ClN2O5S/c1-12(2)8-14-6-7-30-21-15(9-14)11-26(4)19(21)22(29)25-18(13(3)24)17-10-16(27)20(28)23(31-17)32-5/h12-21,23,27-28H,6-11H2,1-5H3,(H,25,29)/t13-,14+,15-,16?,17-,18+,19-,20+,21+,23?/m0/s1. The molecule has 3 fully saturated rings. The van der Waals surface area contributed by atoms with Gasteiger partial charge in [0.15, 0.2) is 0 Å². The number of likely N-dealkylation sites (N-methyl/N-ethyl adjacent to an activating group) is 1. The Morgan fingerprint density at radius 3 is 2.62 bits per heavy atom. The smallest absolute Gasteiger partial charge is 0.240 e. The lowest BCUT2D eigenvalue weighted by atomic mass is 9.85. The molecule has 3 aliphatic rings. The molecule has 10 atom stereocenters. The van der Waals surface area contributed by atoms with Gasteiger partial charge in [0.05, 0.1) is 29.7 Å². The highest BCUT2D eigenvalue weighted by Gasteiger charge is 2.48. The molecule has 186 valence electrons. The number of alkyl halides is 1. The third-order valence-electron chi connectivity index (χ3n) is 7.21. The van der Waals surface area contributed by atoms with Crippen molar-refractivity contribution in [1.82, 2.24) is 10.2 Å². The Hall–Kier alpha value is -0.0900. The SMILES string of the molecule is CSC1O[C@H]([C@H](NC(=O)[C@@H]2[C@@H]3OCC[C@H](CC(C)C)C[C@H]3CN2C)[C@H](C)Cl)CC(O)[C@H]1O. The second-order valence-corrected chi connectivity index (χ2v) is 11.9. The third kappa shape index (κ3) is 6.12. The molecule has 7 nitrogen and oxygen atoms in total. The zero-order chi connectivity index (χ0) is 23.6. The molecule has 3 aliphatic heterocycles. The van der Waals surface area contributed by atoms with E-state index in [2.05, 4.69) is 24.1 Å². The Kier molecular flexibility index (Phi) is 9.58. The van der Waals surface area contributed by atoms with Crippen LogP contribution in [0.5, 0.6) is 0 Å². The minimum absolute atomic E-state index is 0.107. The summed E-state index contributed by atoms with van der Waals surface area (Å²) < 4.78 is 12.3. The number of rotatable bonds is 7. The number of halogens is 1. The Morgan fingerprint density at radius 2 is 2.00 bits per heavy atom. The number of aliphatic hydroxyl groups is 2. The molecule has 2 unspecified atom stereocenters. The molecule has 0 aliphatic carbocycles. The zero-order valence-corrected chi connectivity index (χ0v) is 21.5. The quantitative estimate of drug-likeness (QED) is 0.468. The van der Waals surface area contributed by atoms with Crippen LogP contribution in [-0.4, -0.2) is 94.8 Å². The van der Waals surface area contributed by atoms with Crippen molar-refractivity contribution in [2.75, 3.05) is 26.5 Å². The number of nitrogens with one attached hydrogen (secondary N) is 1. The van der Waals surface area contributed by atoms with Gasteiger partial charge in [-0.15, -0.1) is 23.4 Å². The molecule has 3 rings (SSSR count). The number of aliphatic hydroxyl groups excluding tert-OH is 2. The molecule has 3 heterocycles. The van der Waals surface area contributed by atoms with Crippen molar-refractivity contribution >= 4 is 29.3 Å². The molecule has 3 saturated heterocycles. The molecule has 0 saturated carbocycles. The number of thioether (sulfide) groups is 1. The average Bonchev–Trinajstić information content (AvgIpc) is 2.89. The van der Waals surface area contributed by atoms with Crippen LogP contribution in [0.2, 0.25) is 0 Å². The van der Waals surface area contributed by atoms with Crippen LogP contribution in [0.15, 0.2) is 0 Å². The van der Waals surface area contributed by atoms with Crippen LogP contribution < -0.4 is 5.32 Å². The minimum Gasteiger partial charge on any atom is -0.390 e. The van der Waals surface area contributed by atoms with Crippen LogP contribution in [0.1, 0.15) is 46.5 Å². The number of hydrogen-bond donors (Lipinski definition) is 3. The molecule has 0 spiro atoms. The van der Waals surface area contributed by atoms with E-state index in [0.717, 1.165) is 19.4 Å². The van der Waals surface area contributed by atoms with Crippen LogP contribution >= 0.6 is 23.4 Å². The fourth-order valence-corrected chi connectivity index (χ4v) is 6.66. The number of likely N-dealkylation sites (tertiary alicyclic amines) is 1. The molecular weight excluding hydrogens is 452 g/mol. The van der Waals surface area contributed by atoms with Crippen LogP contribution in [0.4, 0.5) is 0 Å². The van der Waals surface area contributed by atoms with Gasteiger partial charge >= 0.3 is 0 Å². The Bertz CT molecular complexity index is 627. The lowest BCUT2D eigenvalue weighted by molar-refractivity contribution is -0.149. The lowest BCUT2D eigenvalue weighted by Gasteiger charge is -2.41. The molecule has 32 heavy (non-hydrogen) atoms. The van der Waals surface area contributed by atoms with Crippen LogP contribution in [-0.2, 0) is 14.3 Å². The highest BCUT2D eigenvalue weighted by atomic mass is 35.5. The number of amides is 1. The fourth-order valence-electron chi connectivity index (χ4n) is 5.73. The largest absolute Gasteiger partial charge is 0.390 e. The van der Waals surface area contributed by atoms with Gasteiger partial charge in [0.2, 0.25) is 5.91 Å². The van der Waals surface area contributed by atoms with E-state index in [0.29, 0.717) is 24.4 Å². The first-order chi connectivity index (χ1) is 15.1. The van der Waals surface area contributed by atoms with Crippen molar-refractivity contribution in [3.8, 4) is 0 Å². The second-order valence-electron chi connectivity index (χ2n) is 10.3. The van der Waals surface area contributed by atoms with Crippen molar-refractivity contribution in [3.63, 3.8) is 0 Å². The van der Waals surface area contributed by atoms with Crippen molar-refractivity contribution < 1.29 is 24.5 Å². The Morgan fingerprint density at radius 1 is 1.28 bits per heavy atom. The first kappa shape index (κ1) is 26.5. The van der Waals surface area contributed by atoms with Gasteiger partial charge in [-0.1, -0.05) is 13.8 Å². The topological polar surface area (TPSA) is 91.3 Å². The summed E-state index contributed by atoms with van der Waals surface area (Å²) in [5.74, 6) is 1.54. The molecule has 0 radical (unpaired) electrons. The summed E-state index contributed by atoms with van der Waals surface area (Å²) in [4.78, 5) is 15.6. The molecule has 0 aromatic rings. The molecule has 0 aromatic heterocycles. The van der Waals surface area contributed by atoms with Gasteiger partial charge in [0, 0.05) is 25.5 Å². The highest BCUT2D eigenvalue weighted by Crippen LogP contribution is 2.37. The van der Waals surface area contributed by atoms with E-state index in [1.165, 1.54) is 18.2 Å². The Labute approximate surface area is 201 Å². The molecule has 1 amide bonds. The molecule has 0 bridgehead atoms. The number of ether oxygens (including phenoxy) is 2. The number of fused-ring (bicyclic) bond motifs is 1. The maximum Gasteiger partial charge on any atom is 0.240 e. The highest BCUT2D eigenvalue weighted by molar-refractivity contribution is 7.99. The van der Waals surface area contributed by atoms with E-state index >= 15 is 0 Å². The van der Waals surface area contributed by atoms with Gasteiger partial charge in [-0.2, -0.15) is 0 Å². The zero-order valence-electron chi connectivity index (χ0n) is 19.9. The second kappa shape index (κ2) is 11.6. The van der Waals surface area contributed by atoms with Gasteiger partial charge in [0.25, 0.3) is 0 Å². The van der Waals surface area contributed by atoms with Gasteiger partial charge < -0.3 is 25.0 Å². The summed E-state index contributed by atoms with van der Waals surface area (Å²) in [5, 5.41) is 23.2. The first-order valence-electron chi connectivity index (χ1n) is 11.9. The molecular formula is C23H41ClN2O5S. The monoisotopic (exact) mass is 492 g/mol. The third-order valence-corrected chi connectivity index (χ3v) is 8.34. The minimum atomic E-state index is -0.955. The Balaban J connectivity index is 1.69. The van der Waals surface area contributed by atoms with Crippen LogP contribution in [0.3, 0.4) is 0 Å². The first-order valence-corrected chi connectivity index (χ1v) is 13.6. The van der Waals surface area contributed by atoms with Crippen LogP contribution in [0.25, 0.3) is 0 Å². The fraction of sp³-hybridized carbons (Fsp3) is 0.957. The summed E-state index contributed by atoms with van der Waals surface area (Å²) >= 11 is 7.82. The average molecular weight is 493 g/mol. The van der Waals surface area contributed by atoms with E-state index in [1.807, 2.05) is 20.2 Å². The number of carbonyl (C=O) groups is 1. The van der Waals surface area contributed by atoms with Gasteiger partial charge in [-0.25, -0.2) is 0 Å². The van der Waals surface area contributed by atoms with Gasteiger partial charge in [0.1, 0.15) is 17.6 Å². The molecule has 0 aromatic carbocycles. The van der Waals surface area contributed by atoms with Crippen molar-refractivity contribution in [2.45, 2.75) is 93.8 Å². The summed E-state index contributed by atoms with van der Waals surface area (Å²) in [6.07, 6.45) is 2.92. The van der Waals surface area contributed by atoms with E-state index in [1.54, 1.807) is 0 Å². The van der Waals surface area contributed by atoms with Gasteiger partial charge in [-0.3, -0.25) is 9.69 Å². The number of hydrogen-bond acceptors (Lipinski definition) is 7. The predicted molar refractivity (Wildman–Crippen MR) is 128 cm³/mol. The van der Waals surface area contributed by atoms with Crippen molar-refractivity contribution in [3.05, 3.63) is 0 Å². The van der Waals surface area contributed by atoms with E-state index in [4.69, 9.17) is 21.1 Å². The molecule has 9 heteroatoms. The molecule has 3 N–H and O–H groups in total. The lowest BCUT2D eigenvalue weighted by Crippen LogP contribution is -2.59. The summed E-state index contributed by atoms with van der Waals surface area (Å²) in [6.45, 7) is 7.88. The summed E-state index contributed by atoms with van der Waals surface area (Å²) in [6, 6.07) is -0.848. The summed E-state index contributed by atoms with van der Waals surface area (Å²) in [7, 11) is 1.99. The van der Waals surface area contributed by atoms with E-state index < -0.39 is 35.2 Å². The van der Waals surface area contributed by atoms with E-state index in [9.17, 15) is 15.0 Å². The summed E-state index contributed by atoms with van der Waals surface area (Å²) in [5.41, 5.74) is -0.555. The predicted octanol–water partition coefficient (Wildman–Crippen LogP) is 2.07. The maximum atomic E-state index is 13.5. The maximum absolute atomic E-state index is 13.5. The number of carbonyl (C=O) groups excluding carboxylic acids is 1. The van der Waals surface area contributed by atoms with Gasteiger partial charge in [-0.05, 0) is 51.3 Å². The van der Waals surface area contributed by atoms with Crippen LogP contribution in [0, 0.1) is 17.8 Å². The number of nitrogens with zero attached hydrogens (tertiary/aromatic N) is 1.